The lowest BCUT2D eigenvalue weighted by Gasteiger charge is -2.13. The fraction of sp³-hybridized carbons (Fsp3) is 0.233. The number of H-pyrrole nitrogens is 1. The number of nitrogens with one attached hydrogen (secondary N) is 1. The smallest absolute Gasteiger partial charge is 0.485 e. The van der Waals surface area contributed by atoms with Gasteiger partial charge in [0, 0.05) is 67.3 Å². The molecule has 0 spiro atoms. The van der Waals surface area contributed by atoms with Crippen LogP contribution in [-0.4, -0.2) is 93.9 Å². The van der Waals surface area contributed by atoms with Crippen molar-refractivity contribution in [1.82, 2.24) is 0 Å². The Morgan fingerprint density at radius 2 is 0.964 bits per heavy atom. The highest BCUT2D eigenvalue weighted by Crippen LogP contribution is 2.24. The van der Waals surface area contributed by atoms with Crippen molar-refractivity contribution in [2.24, 2.45) is 0 Å². The second kappa shape index (κ2) is 20.8. The fourth-order valence-electron chi connectivity index (χ4n) is 3.19. The second-order valence-corrected chi connectivity index (χ2v) is 14.4. The summed E-state index contributed by atoms with van der Waals surface area (Å²) in [7, 11) is -10.0. The first-order valence-electron chi connectivity index (χ1n) is 14.2. The molecule has 0 unspecified atom stereocenters. The maximum atomic E-state index is 10.7. The summed E-state index contributed by atoms with van der Waals surface area (Å²) in [6.07, 6.45) is 16.6. The second-order valence-electron chi connectivity index (χ2n) is 10.3. The number of nitrogens with zero attached hydrogens (tertiary/aromatic N) is 3. The Kier molecular flexibility index (Phi) is 19.1. The number of allylic oxidation sites excluding steroid dienone is 5. The minimum Gasteiger partial charge on any atom is -0.741 e. The number of benzene rings is 1. The normalized spacial score (nSPS) is 12.9. The molecule has 0 fully saturated rings. The summed E-state index contributed by atoms with van der Waals surface area (Å²) in [4.78, 5) is 5.01. The molecule has 1 N–H and O–H groups in total. The molecule has 1 aliphatic carbocycles. The van der Waals surface area contributed by atoms with Gasteiger partial charge in [-0.25, -0.2) is 34.8 Å². The molecule has 2 heterocycles. The molecule has 0 saturated carbocycles. The van der Waals surface area contributed by atoms with Crippen LogP contribution in [0.5, 0.6) is 0 Å². The van der Waals surface area contributed by atoms with E-state index in [1.807, 2.05) is 36.7 Å². The van der Waals surface area contributed by atoms with Gasteiger partial charge in [0.2, 0.25) is 5.70 Å². The van der Waals surface area contributed by atoms with Crippen molar-refractivity contribution in [3.63, 3.8) is 0 Å². The van der Waals surface area contributed by atoms with Gasteiger partial charge in [-0.1, -0.05) is 12.1 Å². The lowest BCUT2D eigenvalue weighted by Crippen LogP contribution is -2.32. The van der Waals surface area contributed by atoms with Gasteiger partial charge >= 0.3 is 16.5 Å². The quantitative estimate of drug-likeness (QED) is 0.162. The van der Waals surface area contributed by atoms with E-state index in [9.17, 15) is 39.5 Å². The van der Waals surface area contributed by atoms with Crippen LogP contribution in [0.1, 0.15) is 5.56 Å². The van der Waals surface area contributed by atoms with Crippen molar-refractivity contribution in [1.29, 1.82) is 0 Å². The highest BCUT2D eigenvalue weighted by atomic mass is 32.2. The van der Waals surface area contributed by atoms with Crippen molar-refractivity contribution in [2.75, 3.05) is 33.1 Å². The molecule has 0 radical (unpaired) electrons. The maximum Gasteiger partial charge on any atom is 0.485 e. The summed E-state index contributed by atoms with van der Waals surface area (Å²) < 4.78 is 181. The van der Waals surface area contributed by atoms with Crippen LogP contribution in [-0.2, 0) is 30.4 Å². The number of halogens is 9. The van der Waals surface area contributed by atoms with Crippen LogP contribution >= 0.6 is 0 Å². The molecule has 0 amide bonds. The number of hydrogen-bond acceptors (Lipinski definition) is 10. The van der Waals surface area contributed by atoms with Gasteiger partial charge in [0.05, 0.1) is 0 Å². The molecular weight excluding hydrogens is 828 g/mol. The summed E-state index contributed by atoms with van der Waals surface area (Å²) in [6.45, 7) is 0. The molecule has 0 saturated heterocycles. The third kappa shape index (κ3) is 19.0. The van der Waals surface area contributed by atoms with Crippen molar-refractivity contribution in [3.8, 4) is 0 Å². The zero-order chi connectivity index (χ0) is 43.1. The molecule has 0 aliphatic heterocycles. The highest BCUT2D eigenvalue weighted by molar-refractivity contribution is 7.87. The fourth-order valence-corrected chi connectivity index (χ4v) is 3.19. The molecule has 55 heavy (non-hydrogen) atoms. The maximum absolute atomic E-state index is 10.7. The zero-order valence-corrected chi connectivity index (χ0v) is 31.0. The summed E-state index contributed by atoms with van der Waals surface area (Å²) in [5.41, 5.74) is -11.0. The Morgan fingerprint density at radius 1 is 0.618 bits per heavy atom. The Morgan fingerprint density at radius 3 is 1.22 bits per heavy atom. The molecule has 0 bridgehead atoms. The van der Waals surface area contributed by atoms with Crippen molar-refractivity contribution in [2.45, 2.75) is 16.5 Å². The lowest BCUT2D eigenvalue weighted by molar-refractivity contribution is -0.579. The standard InChI is InChI=1S/C22H25N3.C5H5N.3CHF3O3S/c1-23(2)20-12-8-18(9-13-20)22(25-16-6-5-7-17-25)19-10-14-21(15-11-19)24(3)4;1-2-4-6-5-3-1;3*2-1(3,4)8(5,6)7/h5-17H,1-4H3;1-5H;3*(H,5,6,7)/q+2;;;;/p-2. The van der Waals surface area contributed by atoms with Gasteiger partial charge in [-0.2, -0.15) is 44.1 Å². The van der Waals surface area contributed by atoms with Crippen molar-refractivity contribution >= 4 is 47.5 Å². The Labute approximate surface area is 309 Å². The van der Waals surface area contributed by atoms with Crippen LogP contribution in [0.4, 0.5) is 45.2 Å². The van der Waals surface area contributed by atoms with Crippen LogP contribution in [0.2, 0.25) is 0 Å². The summed E-state index contributed by atoms with van der Waals surface area (Å²) in [6, 6.07) is 20.7. The number of aromatic nitrogens is 2. The molecule has 0 atom stereocenters. The Balaban J connectivity index is 0.000000793. The minimum atomic E-state index is -6.09. The van der Waals surface area contributed by atoms with Crippen LogP contribution in [0, 0.1) is 0 Å². The molecule has 3 aromatic rings. The first-order chi connectivity index (χ1) is 24.8. The van der Waals surface area contributed by atoms with E-state index in [2.05, 4.69) is 120 Å². The van der Waals surface area contributed by atoms with Crippen molar-refractivity contribution in [3.05, 3.63) is 121 Å². The van der Waals surface area contributed by atoms with E-state index in [0.717, 1.165) is 0 Å². The van der Waals surface area contributed by atoms with Gasteiger partial charge in [-0.05, 0) is 36.4 Å². The van der Waals surface area contributed by atoms with E-state index in [0.29, 0.717) is 0 Å². The van der Waals surface area contributed by atoms with E-state index in [-0.39, 0.29) is 0 Å². The predicted octanol–water partition coefficient (Wildman–Crippen LogP) is 3.79. The van der Waals surface area contributed by atoms with E-state index in [1.165, 1.54) is 28.2 Å². The number of anilines is 1. The van der Waals surface area contributed by atoms with Gasteiger partial charge in [0.1, 0.15) is 14.1 Å². The molecule has 13 nitrogen and oxygen atoms in total. The number of pyridine rings is 2. The number of hydrogen-bond donors (Lipinski definition) is 0. The Hall–Kier alpha value is -4.69. The van der Waals surface area contributed by atoms with Crippen molar-refractivity contribution < 1.29 is 92.6 Å². The van der Waals surface area contributed by atoms with Crippen LogP contribution in [0.15, 0.2) is 115 Å². The average Bonchev–Trinajstić information content (AvgIpc) is 3.05. The molecular formula is C30H31F9N4O9S3. The average molecular weight is 859 g/mol. The first kappa shape index (κ1) is 50.3. The largest absolute Gasteiger partial charge is 0.741 e. The van der Waals surface area contributed by atoms with Gasteiger partial charge in [0.25, 0.3) is 0 Å². The van der Waals surface area contributed by atoms with E-state index >= 15 is 0 Å². The molecule has 306 valence electrons. The predicted molar refractivity (Wildman–Crippen MR) is 175 cm³/mol. The number of aromatic amines is 1. The molecule has 4 rings (SSSR count). The summed E-state index contributed by atoms with van der Waals surface area (Å²) in [5.74, 6) is 0. The monoisotopic (exact) mass is 858 g/mol. The third-order valence-electron chi connectivity index (χ3n) is 5.75. The van der Waals surface area contributed by atoms with Gasteiger partial charge in [0.15, 0.2) is 60.9 Å². The first-order valence-corrected chi connectivity index (χ1v) is 18.4. The topological polar surface area (TPSA) is 196 Å². The van der Waals surface area contributed by atoms with Gasteiger partial charge < -0.3 is 18.6 Å². The number of alkyl halides is 9. The highest BCUT2D eigenvalue weighted by Gasteiger charge is 2.38. The van der Waals surface area contributed by atoms with Crippen LogP contribution in [0.25, 0.3) is 5.70 Å². The minimum absolute atomic E-state index is 1.18. The lowest BCUT2D eigenvalue weighted by atomic mass is 10.0. The van der Waals surface area contributed by atoms with E-state index in [4.69, 9.17) is 38.9 Å². The van der Waals surface area contributed by atoms with Gasteiger partial charge in [-0.3, -0.25) is 0 Å². The molecule has 25 heteroatoms. The van der Waals surface area contributed by atoms with E-state index < -0.39 is 46.9 Å². The zero-order valence-electron chi connectivity index (χ0n) is 28.5. The van der Waals surface area contributed by atoms with Crippen LogP contribution in [0.3, 0.4) is 0 Å². The van der Waals surface area contributed by atoms with Gasteiger partial charge in [-0.15, -0.1) is 0 Å². The summed E-state index contributed by atoms with van der Waals surface area (Å²) in [5, 5.41) is 0. The van der Waals surface area contributed by atoms with Crippen LogP contribution < -0.4 is 14.5 Å². The molecule has 1 aliphatic rings. The Bertz CT molecular complexity index is 1970. The molecule has 1 aromatic carbocycles. The van der Waals surface area contributed by atoms with E-state index in [1.54, 1.807) is 0 Å². The molecule has 2 aromatic heterocycles. The third-order valence-corrected chi connectivity index (χ3v) is 7.45. The SMILES string of the molecule is CN(C)c1ccc(C(=C2C=CC(=[N+](C)C)C=C2)[n+]2ccccc2)cc1.O=S(=O)([O-])C(F)(F)F.O=S(=O)([O-])C(F)(F)F.O=S(=O)([O-])C(F)(F)F.c1cc[nH+]cc1. The number of rotatable bonds is 3. The summed E-state index contributed by atoms with van der Waals surface area (Å²) >= 11 is 0.